The summed E-state index contributed by atoms with van der Waals surface area (Å²) in [5.74, 6) is -0.487. The van der Waals surface area contributed by atoms with Gasteiger partial charge in [0.25, 0.3) is 0 Å². The first kappa shape index (κ1) is 19.7. The Morgan fingerprint density at radius 3 is 2.63 bits per heavy atom. The van der Waals surface area contributed by atoms with E-state index in [1.807, 2.05) is 24.3 Å². The number of halogens is 1. The van der Waals surface area contributed by atoms with E-state index in [-0.39, 0.29) is 36.3 Å². The molecule has 2 fully saturated rings. The molecule has 7 nitrogen and oxygen atoms in total. The third-order valence-electron chi connectivity index (χ3n) is 5.01. The minimum Gasteiger partial charge on any atom is -0.450 e. The first-order valence-corrected chi connectivity index (χ1v) is 10.1. The van der Waals surface area contributed by atoms with E-state index >= 15 is 0 Å². The molecular weight excluding hydrogens is 414 g/mol. The van der Waals surface area contributed by atoms with Crippen molar-refractivity contribution in [1.29, 1.82) is 0 Å². The van der Waals surface area contributed by atoms with Gasteiger partial charge in [0, 0.05) is 36.6 Å². The van der Waals surface area contributed by atoms with Crippen molar-refractivity contribution in [2.45, 2.75) is 32.2 Å². The summed E-state index contributed by atoms with van der Waals surface area (Å²) >= 11 is 3.46. The van der Waals surface area contributed by atoms with Gasteiger partial charge in [-0.15, -0.1) is 0 Å². The molecule has 1 aromatic carbocycles. The number of benzene rings is 1. The molecule has 0 saturated carbocycles. The molecule has 2 heterocycles. The van der Waals surface area contributed by atoms with Crippen molar-refractivity contribution < 1.29 is 19.1 Å². The van der Waals surface area contributed by atoms with E-state index < -0.39 is 0 Å². The summed E-state index contributed by atoms with van der Waals surface area (Å²) in [4.78, 5) is 40.1. The lowest BCUT2D eigenvalue weighted by Crippen LogP contribution is -2.48. The number of rotatable bonds is 4. The smallest absolute Gasteiger partial charge is 0.409 e. The molecule has 0 aliphatic carbocycles. The van der Waals surface area contributed by atoms with Crippen molar-refractivity contribution in [2.24, 2.45) is 5.92 Å². The van der Waals surface area contributed by atoms with E-state index in [4.69, 9.17) is 4.74 Å². The van der Waals surface area contributed by atoms with Crippen LogP contribution in [0.15, 0.2) is 28.7 Å². The Morgan fingerprint density at radius 2 is 1.96 bits per heavy atom. The topological polar surface area (TPSA) is 79.0 Å². The van der Waals surface area contributed by atoms with Crippen molar-refractivity contribution >= 4 is 39.5 Å². The predicted molar refractivity (Wildman–Crippen MR) is 104 cm³/mol. The summed E-state index contributed by atoms with van der Waals surface area (Å²) in [6.45, 7) is 3.66. The molecule has 0 radical (unpaired) electrons. The molecule has 3 rings (SSSR count). The van der Waals surface area contributed by atoms with Crippen LogP contribution in [0.3, 0.4) is 0 Å². The lowest BCUT2D eigenvalue weighted by Gasteiger charge is -2.32. The molecule has 1 atom stereocenters. The van der Waals surface area contributed by atoms with Crippen LogP contribution in [0.4, 0.5) is 10.5 Å². The highest BCUT2D eigenvalue weighted by molar-refractivity contribution is 9.10. The minimum absolute atomic E-state index is 0.0239. The zero-order chi connectivity index (χ0) is 19.4. The number of hydrogen-bond donors (Lipinski definition) is 1. The number of carbonyl (C=O) groups excluding carboxylic acids is 3. The Bertz CT molecular complexity index is 719. The summed E-state index contributed by atoms with van der Waals surface area (Å²) in [6.07, 6.45) is 1.31. The number of hydrogen-bond acceptors (Lipinski definition) is 4. The Morgan fingerprint density at radius 1 is 1.26 bits per heavy atom. The Kier molecular flexibility index (Phi) is 6.36. The van der Waals surface area contributed by atoms with E-state index in [0.29, 0.717) is 39.1 Å². The third kappa shape index (κ3) is 4.61. The van der Waals surface area contributed by atoms with E-state index in [9.17, 15) is 14.4 Å². The summed E-state index contributed by atoms with van der Waals surface area (Å²) in [6, 6.07) is 7.54. The number of amides is 3. The normalized spacial score (nSPS) is 20.7. The van der Waals surface area contributed by atoms with Gasteiger partial charge in [0.15, 0.2) is 0 Å². The molecular formula is C19H24BrN3O4. The first-order valence-electron chi connectivity index (χ1n) is 9.26. The number of ether oxygens (including phenoxy) is 1. The molecule has 1 N–H and O–H groups in total. The number of para-hydroxylation sites is 1. The average molecular weight is 438 g/mol. The van der Waals surface area contributed by atoms with Gasteiger partial charge in [0.2, 0.25) is 11.8 Å². The van der Waals surface area contributed by atoms with Crippen molar-refractivity contribution in [3.05, 3.63) is 28.7 Å². The van der Waals surface area contributed by atoms with Gasteiger partial charge in [0.1, 0.15) is 0 Å². The van der Waals surface area contributed by atoms with E-state index in [1.54, 1.807) is 16.7 Å². The predicted octanol–water partition coefficient (Wildman–Crippen LogP) is 2.54. The molecule has 0 spiro atoms. The lowest BCUT2D eigenvalue weighted by atomic mass is 10.0. The maximum Gasteiger partial charge on any atom is 0.409 e. The second-order valence-corrected chi connectivity index (χ2v) is 7.68. The van der Waals surface area contributed by atoms with E-state index in [2.05, 4.69) is 21.2 Å². The monoisotopic (exact) mass is 437 g/mol. The Labute approximate surface area is 167 Å². The highest BCUT2D eigenvalue weighted by atomic mass is 79.9. The summed E-state index contributed by atoms with van der Waals surface area (Å²) in [5.41, 5.74) is 0.792. The number of likely N-dealkylation sites (tertiary alicyclic amines) is 1. The van der Waals surface area contributed by atoms with Gasteiger partial charge in [-0.2, -0.15) is 0 Å². The van der Waals surface area contributed by atoms with Crippen LogP contribution >= 0.6 is 15.9 Å². The molecule has 2 saturated heterocycles. The largest absolute Gasteiger partial charge is 0.450 e. The highest BCUT2D eigenvalue weighted by Crippen LogP contribution is 2.31. The lowest BCUT2D eigenvalue weighted by molar-refractivity contribution is -0.127. The molecule has 3 amide bonds. The molecule has 8 heteroatoms. The van der Waals surface area contributed by atoms with Crippen LogP contribution in [0.2, 0.25) is 0 Å². The summed E-state index contributed by atoms with van der Waals surface area (Å²) in [7, 11) is 0. The molecule has 2 aliphatic rings. The van der Waals surface area contributed by atoms with Gasteiger partial charge >= 0.3 is 6.09 Å². The fraction of sp³-hybridized carbons (Fsp3) is 0.526. The quantitative estimate of drug-likeness (QED) is 0.784. The number of nitrogens with zero attached hydrogens (tertiary/aromatic N) is 2. The fourth-order valence-corrected chi connectivity index (χ4v) is 4.03. The number of anilines is 1. The van der Waals surface area contributed by atoms with Gasteiger partial charge in [-0.25, -0.2) is 4.79 Å². The SMILES string of the molecule is CCOC(=O)N1CCC(NC(=O)C2CC(=O)N(c3ccccc3Br)C2)CC1. The van der Waals surface area contributed by atoms with Crippen LogP contribution in [0.5, 0.6) is 0 Å². The molecule has 27 heavy (non-hydrogen) atoms. The van der Waals surface area contributed by atoms with Gasteiger partial charge in [-0.1, -0.05) is 12.1 Å². The second kappa shape index (κ2) is 8.73. The van der Waals surface area contributed by atoms with Gasteiger partial charge in [0.05, 0.1) is 18.2 Å². The zero-order valence-corrected chi connectivity index (χ0v) is 16.9. The zero-order valence-electron chi connectivity index (χ0n) is 15.3. The van der Waals surface area contributed by atoms with Crippen LogP contribution in [0.1, 0.15) is 26.2 Å². The van der Waals surface area contributed by atoms with Crippen molar-refractivity contribution in [2.75, 3.05) is 31.1 Å². The third-order valence-corrected chi connectivity index (χ3v) is 5.68. The van der Waals surface area contributed by atoms with E-state index in [0.717, 1.165) is 10.2 Å². The van der Waals surface area contributed by atoms with Gasteiger partial charge < -0.3 is 19.9 Å². The highest BCUT2D eigenvalue weighted by Gasteiger charge is 2.37. The van der Waals surface area contributed by atoms with Crippen molar-refractivity contribution in [1.82, 2.24) is 10.2 Å². The van der Waals surface area contributed by atoms with Crippen LogP contribution in [0.25, 0.3) is 0 Å². The molecule has 0 aromatic heterocycles. The molecule has 1 unspecified atom stereocenters. The number of carbonyl (C=O) groups is 3. The van der Waals surface area contributed by atoms with Crippen molar-refractivity contribution in [3.8, 4) is 0 Å². The van der Waals surface area contributed by atoms with E-state index in [1.165, 1.54) is 0 Å². The molecule has 1 aromatic rings. The van der Waals surface area contributed by atoms with Gasteiger partial charge in [-0.05, 0) is 47.8 Å². The molecule has 0 bridgehead atoms. The van der Waals surface area contributed by atoms with Crippen LogP contribution in [0, 0.1) is 5.92 Å². The van der Waals surface area contributed by atoms with Crippen LogP contribution in [-0.4, -0.2) is 55.1 Å². The maximum atomic E-state index is 12.6. The molecule has 146 valence electrons. The minimum atomic E-state index is -0.354. The fourth-order valence-electron chi connectivity index (χ4n) is 3.53. The maximum absolute atomic E-state index is 12.6. The summed E-state index contributed by atoms with van der Waals surface area (Å²) in [5, 5.41) is 3.05. The summed E-state index contributed by atoms with van der Waals surface area (Å²) < 4.78 is 5.85. The van der Waals surface area contributed by atoms with Gasteiger partial charge in [-0.3, -0.25) is 9.59 Å². The first-order chi connectivity index (χ1) is 13.0. The average Bonchev–Trinajstić information content (AvgIpc) is 3.04. The standard InChI is InChI=1S/C19H24BrN3O4/c1-2-27-19(26)22-9-7-14(8-10-22)21-18(25)13-11-17(24)23(12-13)16-6-4-3-5-15(16)20/h3-6,13-14H,2,7-12H2,1H3,(H,21,25). The Balaban J connectivity index is 1.52. The second-order valence-electron chi connectivity index (χ2n) is 6.83. The van der Waals surface area contributed by atoms with Crippen LogP contribution < -0.4 is 10.2 Å². The van der Waals surface area contributed by atoms with Crippen LogP contribution in [-0.2, 0) is 14.3 Å². The van der Waals surface area contributed by atoms with Crippen molar-refractivity contribution in [3.63, 3.8) is 0 Å². The Hall–Kier alpha value is -2.09. The molecule has 2 aliphatic heterocycles. The number of nitrogens with one attached hydrogen (secondary N) is 1. The number of piperidine rings is 1.